The van der Waals surface area contributed by atoms with Crippen LogP contribution in [-0.4, -0.2) is 20.6 Å². The lowest BCUT2D eigenvalue weighted by atomic mass is 10.1. The number of carbonyl (C=O) groups is 1. The van der Waals surface area contributed by atoms with Crippen LogP contribution < -0.4 is 16.8 Å². The molecule has 0 bridgehead atoms. The number of amides is 1. The molecule has 0 radical (unpaired) electrons. The van der Waals surface area contributed by atoms with Crippen molar-refractivity contribution >= 4 is 23.1 Å². The number of nitrogens with zero attached hydrogens (tertiary/aromatic N) is 3. The van der Waals surface area contributed by atoms with E-state index < -0.39 is 10.8 Å². The first-order chi connectivity index (χ1) is 9.90. The lowest BCUT2D eigenvalue weighted by molar-refractivity contribution is -0.384. The molecular weight excluding hydrogens is 276 g/mol. The van der Waals surface area contributed by atoms with Crippen LogP contribution in [0, 0.1) is 10.1 Å². The third-order valence-electron chi connectivity index (χ3n) is 3.01. The molecule has 1 aromatic heterocycles. The van der Waals surface area contributed by atoms with Gasteiger partial charge in [0.1, 0.15) is 5.82 Å². The summed E-state index contributed by atoms with van der Waals surface area (Å²) in [6, 6.07) is 3.86. The maximum absolute atomic E-state index is 11.4. The van der Waals surface area contributed by atoms with Crippen molar-refractivity contribution in [3.63, 3.8) is 0 Å². The van der Waals surface area contributed by atoms with Gasteiger partial charge in [-0.25, -0.2) is 0 Å². The molecule has 0 spiro atoms. The third-order valence-corrected chi connectivity index (χ3v) is 3.01. The fraction of sp³-hybridized carbons (Fsp3) is 0.167. The van der Waals surface area contributed by atoms with Gasteiger partial charge in [-0.05, 0) is 6.07 Å². The molecule has 2 aromatic rings. The zero-order chi connectivity index (χ0) is 15.6. The quantitative estimate of drug-likeness (QED) is 0.544. The van der Waals surface area contributed by atoms with Crippen molar-refractivity contribution in [3.8, 4) is 0 Å². The van der Waals surface area contributed by atoms with Crippen LogP contribution in [-0.2, 0) is 13.6 Å². The molecule has 110 valence electrons. The Labute approximate surface area is 119 Å². The highest BCUT2D eigenvalue weighted by Gasteiger charge is 2.15. The van der Waals surface area contributed by atoms with E-state index in [1.54, 1.807) is 13.2 Å². The van der Waals surface area contributed by atoms with E-state index in [1.165, 1.54) is 16.8 Å². The first-order valence-corrected chi connectivity index (χ1v) is 5.98. The van der Waals surface area contributed by atoms with Crippen molar-refractivity contribution in [2.24, 2.45) is 12.8 Å². The fourth-order valence-electron chi connectivity index (χ4n) is 1.82. The van der Waals surface area contributed by atoms with Crippen molar-refractivity contribution in [2.75, 3.05) is 11.1 Å². The summed E-state index contributed by atoms with van der Waals surface area (Å²) in [5.74, 6) is -0.259. The number of primary amides is 1. The van der Waals surface area contributed by atoms with Gasteiger partial charge in [-0.3, -0.25) is 19.6 Å². The molecule has 9 heteroatoms. The molecule has 0 saturated carbocycles. The zero-order valence-electron chi connectivity index (χ0n) is 11.2. The van der Waals surface area contributed by atoms with E-state index in [0.29, 0.717) is 18.1 Å². The standard InChI is InChI=1S/C12H14N6O3/c1-17-11(13)7(6-16-17)5-15-10-3-2-8(18(20)21)4-9(10)12(14)19/h2-4,6,15H,5,13H2,1H3,(H2,14,19). The van der Waals surface area contributed by atoms with Gasteiger partial charge in [0.2, 0.25) is 0 Å². The highest BCUT2D eigenvalue weighted by molar-refractivity contribution is 5.99. The van der Waals surface area contributed by atoms with Crippen LogP contribution in [0.25, 0.3) is 0 Å². The smallest absolute Gasteiger partial charge is 0.270 e. The molecule has 21 heavy (non-hydrogen) atoms. The molecule has 0 unspecified atom stereocenters. The SMILES string of the molecule is Cn1ncc(CNc2ccc([N+](=O)[O-])cc2C(N)=O)c1N. The molecule has 9 nitrogen and oxygen atoms in total. The van der Waals surface area contributed by atoms with Crippen molar-refractivity contribution < 1.29 is 9.72 Å². The Hall–Kier alpha value is -3.10. The third kappa shape index (κ3) is 2.91. The van der Waals surface area contributed by atoms with Gasteiger partial charge >= 0.3 is 0 Å². The van der Waals surface area contributed by atoms with Gasteiger partial charge in [-0.2, -0.15) is 5.10 Å². The molecule has 1 amide bonds. The topological polar surface area (TPSA) is 142 Å². The van der Waals surface area contributed by atoms with E-state index in [1.807, 2.05) is 0 Å². The number of rotatable bonds is 5. The lowest BCUT2D eigenvalue weighted by Crippen LogP contribution is -2.15. The summed E-state index contributed by atoms with van der Waals surface area (Å²) in [6.07, 6.45) is 1.59. The second kappa shape index (κ2) is 5.49. The molecule has 2 rings (SSSR count). The second-order valence-corrected chi connectivity index (χ2v) is 4.38. The molecule has 0 fully saturated rings. The second-order valence-electron chi connectivity index (χ2n) is 4.38. The number of nitrogen functional groups attached to an aromatic ring is 1. The number of carbonyl (C=O) groups excluding carboxylic acids is 1. The minimum atomic E-state index is -0.750. The summed E-state index contributed by atoms with van der Waals surface area (Å²) in [5, 5.41) is 17.7. The first-order valence-electron chi connectivity index (χ1n) is 5.98. The number of nitro groups is 1. The maximum Gasteiger partial charge on any atom is 0.270 e. The normalized spacial score (nSPS) is 10.3. The number of benzene rings is 1. The predicted molar refractivity (Wildman–Crippen MR) is 76.6 cm³/mol. The van der Waals surface area contributed by atoms with Crippen LogP contribution in [0.2, 0.25) is 0 Å². The van der Waals surface area contributed by atoms with Crippen LogP contribution in [0.15, 0.2) is 24.4 Å². The monoisotopic (exact) mass is 290 g/mol. The summed E-state index contributed by atoms with van der Waals surface area (Å²) in [5.41, 5.74) is 12.0. The van der Waals surface area contributed by atoms with Crippen molar-refractivity contribution in [3.05, 3.63) is 45.6 Å². The number of hydrogen-bond donors (Lipinski definition) is 3. The Kier molecular flexibility index (Phi) is 3.74. The Balaban J connectivity index is 2.25. The summed E-state index contributed by atoms with van der Waals surface area (Å²) in [7, 11) is 1.71. The van der Waals surface area contributed by atoms with Gasteiger partial charge in [0.15, 0.2) is 0 Å². The lowest BCUT2D eigenvalue weighted by Gasteiger charge is -2.09. The first kappa shape index (κ1) is 14.3. The highest BCUT2D eigenvalue weighted by atomic mass is 16.6. The van der Waals surface area contributed by atoms with Crippen LogP contribution in [0.1, 0.15) is 15.9 Å². The molecule has 1 heterocycles. The van der Waals surface area contributed by atoms with Gasteiger partial charge in [-0.1, -0.05) is 0 Å². The Bertz CT molecular complexity index is 709. The van der Waals surface area contributed by atoms with E-state index >= 15 is 0 Å². The molecule has 0 aliphatic heterocycles. The van der Waals surface area contributed by atoms with Gasteiger partial charge in [0, 0.05) is 37.0 Å². The van der Waals surface area contributed by atoms with E-state index in [2.05, 4.69) is 10.4 Å². The van der Waals surface area contributed by atoms with Gasteiger partial charge in [0.25, 0.3) is 11.6 Å². The fourth-order valence-corrected chi connectivity index (χ4v) is 1.82. The summed E-state index contributed by atoms with van der Waals surface area (Å²) >= 11 is 0. The summed E-state index contributed by atoms with van der Waals surface area (Å²) in [4.78, 5) is 21.5. The molecule has 5 N–H and O–H groups in total. The molecule has 0 saturated heterocycles. The van der Waals surface area contributed by atoms with E-state index in [-0.39, 0.29) is 11.3 Å². The maximum atomic E-state index is 11.4. The molecule has 0 atom stereocenters. The number of nitrogens with two attached hydrogens (primary N) is 2. The summed E-state index contributed by atoms with van der Waals surface area (Å²) < 4.78 is 1.52. The van der Waals surface area contributed by atoms with Crippen molar-refractivity contribution in [2.45, 2.75) is 6.54 Å². The molecule has 0 aliphatic carbocycles. The average molecular weight is 290 g/mol. The number of nitro benzene ring substituents is 1. The Morgan fingerprint density at radius 2 is 2.24 bits per heavy atom. The predicted octanol–water partition coefficient (Wildman–Crippen LogP) is 0.622. The van der Waals surface area contributed by atoms with E-state index in [0.717, 1.165) is 11.6 Å². The number of aromatic nitrogens is 2. The van der Waals surface area contributed by atoms with Gasteiger partial charge in [0.05, 0.1) is 16.7 Å². The number of non-ortho nitro benzene ring substituents is 1. The van der Waals surface area contributed by atoms with Crippen LogP contribution in [0.3, 0.4) is 0 Å². The molecule has 0 aliphatic rings. The zero-order valence-corrected chi connectivity index (χ0v) is 11.2. The minimum Gasteiger partial charge on any atom is -0.384 e. The minimum absolute atomic E-state index is 0.0478. The van der Waals surface area contributed by atoms with Crippen LogP contribution in [0.5, 0.6) is 0 Å². The van der Waals surface area contributed by atoms with Gasteiger partial charge in [-0.15, -0.1) is 0 Å². The summed E-state index contributed by atoms with van der Waals surface area (Å²) in [6.45, 7) is 0.317. The highest BCUT2D eigenvalue weighted by Crippen LogP contribution is 2.23. The van der Waals surface area contributed by atoms with Gasteiger partial charge < -0.3 is 16.8 Å². The van der Waals surface area contributed by atoms with E-state index in [9.17, 15) is 14.9 Å². The molecular formula is C12H14N6O3. The van der Waals surface area contributed by atoms with E-state index in [4.69, 9.17) is 11.5 Å². The van der Waals surface area contributed by atoms with Crippen molar-refractivity contribution in [1.82, 2.24) is 9.78 Å². The number of anilines is 2. The molecule has 1 aromatic carbocycles. The Morgan fingerprint density at radius 3 is 2.76 bits per heavy atom. The largest absolute Gasteiger partial charge is 0.384 e. The van der Waals surface area contributed by atoms with Crippen molar-refractivity contribution in [1.29, 1.82) is 0 Å². The Morgan fingerprint density at radius 1 is 1.52 bits per heavy atom. The number of hydrogen-bond acceptors (Lipinski definition) is 6. The van der Waals surface area contributed by atoms with Crippen LogP contribution in [0.4, 0.5) is 17.2 Å². The van der Waals surface area contributed by atoms with Crippen LogP contribution >= 0.6 is 0 Å². The number of aryl methyl sites for hydroxylation is 1. The number of nitrogens with one attached hydrogen (secondary N) is 1. The average Bonchev–Trinajstić information content (AvgIpc) is 2.76.